The number of amides is 5. The predicted molar refractivity (Wildman–Crippen MR) is 255 cm³/mol. The number of aromatic nitrogens is 2. The van der Waals surface area contributed by atoms with Crippen molar-refractivity contribution in [2.75, 3.05) is 125 Å². The number of piperazine rings is 2. The van der Waals surface area contributed by atoms with Gasteiger partial charge >= 0.3 is 0 Å². The van der Waals surface area contributed by atoms with E-state index in [1.807, 2.05) is 6.07 Å². The number of rotatable bonds is 16. The van der Waals surface area contributed by atoms with Crippen LogP contribution >= 0.6 is 0 Å². The van der Waals surface area contributed by atoms with Crippen LogP contribution in [0.15, 0.2) is 42.7 Å². The van der Waals surface area contributed by atoms with E-state index >= 15 is 8.78 Å². The highest BCUT2D eigenvalue weighted by Crippen LogP contribution is 2.35. The predicted octanol–water partition coefficient (Wildman–Crippen LogP) is 2.91. The molecule has 5 amide bonds. The summed E-state index contributed by atoms with van der Waals surface area (Å²) >= 11 is 0. The van der Waals surface area contributed by atoms with Gasteiger partial charge in [0, 0.05) is 108 Å². The Morgan fingerprint density at radius 2 is 1.48 bits per heavy atom. The van der Waals surface area contributed by atoms with Crippen LogP contribution in [0.5, 0.6) is 0 Å². The topological polar surface area (TPSA) is 188 Å². The number of carbonyl (C=O) groups is 5. The fourth-order valence-corrected chi connectivity index (χ4v) is 10.4. The molecule has 0 saturated carbocycles. The third-order valence-electron chi connectivity index (χ3n) is 14.8. The molecule has 0 bridgehead atoms. The number of benzene rings is 2. The van der Waals surface area contributed by atoms with Gasteiger partial charge in [0.25, 0.3) is 11.8 Å². The third kappa shape index (κ3) is 11.3. The van der Waals surface area contributed by atoms with Gasteiger partial charge in [-0.05, 0) is 74.9 Å². The van der Waals surface area contributed by atoms with Crippen LogP contribution in [0.3, 0.4) is 0 Å². The van der Waals surface area contributed by atoms with Crippen molar-refractivity contribution < 1.29 is 37.5 Å². The molecule has 20 heteroatoms. The van der Waals surface area contributed by atoms with Crippen molar-refractivity contribution in [3.05, 3.63) is 71.1 Å². The van der Waals surface area contributed by atoms with Gasteiger partial charge < -0.3 is 30.5 Å². The molecule has 9 rings (SSSR count). The Morgan fingerprint density at radius 1 is 0.739 bits per heavy atom. The lowest BCUT2D eigenvalue weighted by Gasteiger charge is -2.48. The van der Waals surface area contributed by atoms with E-state index in [4.69, 9.17) is 4.74 Å². The molecule has 1 unspecified atom stereocenters. The number of ether oxygens (including phenoxy) is 1. The van der Waals surface area contributed by atoms with E-state index in [2.05, 4.69) is 64.7 Å². The molecule has 69 heavy (non-hydrogen) atoms. The normalized spacial score (nSPS) is 22.2. The van der Waals surface area contributed by atoms with Gasteiger partial charge in [-0.2, -0.15) is 0 Å². The second kappa shape index (κ2) is 20.6. The van der Waals surface area contributed by atoms with Gasteiger partial charge in [-0.1, -0.05) is 13.8 Å². The smallest absolute Gasteiger partial charge is 0.262 e. The molecule has 6 aliphatic rings. The van der Waals surface area contributed by atoms with E-state index in [0.717, 1.165) is 81.6 Å². The summed E-state index contributed by atoms with van der Waals surface area (Å²) in [5, 5.41) is 12.1. The standard InChI is InChI=1S/C49H64F2N12O6/c1-48(2)7-13-60(14-8-48)29-33-25-38(51)40(27-37(33)50)62-30-44(65)57-49(31-62)9-15-61(16-10-49)42-28-41(54-32-55-42)53-12-23-69-24-22-59-20-18-58(19-21-59)17-11-52-34-3-4-35-36(26-34)47(68)63(46(35)67)39-5-6-43(64)56-45(39)66/h3-4,25-28,32,39,52H,5-24,29-31H2,1-2H3,(H,57,65)(H,53,54,55)(H,56,64,66). The molecule has 0 radical (unpaired) electrons. The van der Waals surface area contributed by atoms with Gasteiger partial charge in [-0.25, -0.2) is 18.7 Å². The van der Waals surface area contributed by atoms with E-state index < -0.39 is 46.8 Å². The SMILES string of the molecule is CC1(C)CCN(Cc2cc(F)c(N3CC(=O)NC4(CCN(c5cc(NCCOCCN6CCN(CCNc7ccc8c(c7)C(=O)N(C7CCC(=O)NC7=O)C8=O)CC6)ncn5)CC4)C3)cc2F)CC1. The Bertz CT molecular complexity index is 2420. The zero-order chi connectivity index (χ0) is 48.3. The number of hydrogen-bond acceptors (Lipinski definition) is 15. The highest BCUT2D eigenvalue weighted by atomic mass is 19.1. The van der Waals surface area contributed by atoms with E-state index in [1.165, 1.54) is 18.5 Å². The number of piperidine rings is 3. The van der Waals surface area contributed by atoms with Gasteiger partial charge in [-0.15, -0.1) is 0 Å². The Morgan fingerprint density at radius 3 is 2.23 bits per heavy atom. The van der Waals surface area contributed by atoms with Crippen LogP contribution in [-0.2, 0) is 25.7 Å². The summed E-state index contributed by atoms with van der Waals surface area (Å²) in [6, 6.07) is 8.55. The van der Waals surface area contributed by atoms with Crippen LogP contribution in [0.25, 0.3) is 0 Å². The first-order valence-electron chi connectivity index (χ1n) is 24.4. The summed E-state index contributed by atoms with van der Waals surface area (Å²) in [5.41, 5.74) is 1.41. The molecule has 5 saturated heterocycles. The van der Waals surface area contributed by atoms with Crippen molar-refractivity contribution in [3.63, 3.8) is 0 Å². The number of hydrogen-bond donors (Lipinski definition) is 4. The third-order valence-corrected chi connectivity index (χ3v) is 14.8. The highest BCUT2D eigenvalue weighted by molar-refractivity contribution is 6.23. The van der Waals surface area contributed by atoms with Crippen molar-refractivity contribution in [2.24, 2.45) is 5.41 Å². The number of halogens is 2. The molecule has 7 heterocycles. The fourth-order valence-electron chi connectivity index (χ4n) is 10.4. The zero-order valence-corrected chi connectivity index (χ0v) is 39.7. The second-order valence-electron chi connectivity index (χ2n) is 20.1. The van der Waals surface area contributed by atoms with Gasteiger partial charge in [0.05, 0.1) is 42.1 Å². The van der Waals surface area contributed by atoms with Crippen molar-refractivity contribution >= 4 is 52.5 Å². The molecule has 18 nitrogen and oxygen atoms in total. The van der Waals surface area contributed by atoms with Crippen molar-refractivity contribution in [3.8, 4) is 0 Å². The molecule has 370 valence electrons. The molecule has 1 atom stereocenters. The van der Waals surface area contributed by atoms with Gasteiger partial charge in [0.1, 0.15) is 35.6 Å². The first-order valence-corrected chi connectivity index (χ1v) is 24.4. The minimum atomic E-state index is -0.989. The second-order valence-corrected chi connectivity index (χ2v) is 20.1. The molecule has 0 aliphatic carbocycles. The van der Waals surface area contributed by atoms with Crippen LogP contribution in [0.2, 0.25) is 0 Å². The zero-order valence-electron chi connectivity index (χ0n) is 39.7. The molecule has 4 N–H and O–H groups in total. The average Bonchev–Trinajstić information content (AvgIpc) is 3.57. The van der Waals surface area contributed by atoms with Crippen molar-refractivity contribution in [2.45, 2.75) is 70.5 Å². The summed E-state index contributed by atoms with van der Waals surface area (Å²) in [6.07, 6.45) is 5.02. The molecule has 2 aromatic carbocycles. The lowest BCUT2D eigenvalue weighted by atomic mass is 9.82. The van der Waals surface area contributed by atoms with E-state index in [-0.39, 0.29) is 47.5 Å². The van der Waals surface area contributed by atoms with Crippen LogP contribution in [-0.4, -0.2) is 176 Å². The molecule has 1 aromatic heterocycles. The number of fused-ring (bicyclic) bond motifs is 1. The van der Waals surface area contributed by atoms with Crippen LogP contribution < -0.4 is 31.1 Å². The molecule has 3 aromatic rings. The molecule has 6 aliphatic heterocycles. The van der Waals surface area contributed by atoms with Crippen LogP contribution in [0.1, 0.15) is 78.7 Å². The lowest BCUT2D eigenvalue weighted by Crippen LogP contribution is -2.66. The van der Waals surface area contributed by atoms with Gasteiger partial charge in [0.15, 0.2) is 0 Å². The highest BCUT2D eigenvalue weighted by Gasteiger charge is 2.45. The number of anilines is 4. The number of carbonyl (C=O) groups excluding carboxylic acids is 5. The lowest BCUT2D eigenvalue weighted by molar-refractivity contribution is -0.136. The summed E-state index contributed by atoms with van der Waals surface area (Å²) < 4.78 is 37.1. The summed E-state index contributed by atoms with van der Waals surface area (Å²) in [7, 11) is 0. The van der Waals surface area contributed by atoms with Crippen LogP contribution in [0, 0.1) is 17.0 Å². The molecular formula is C49H64F2N12O6. The van der Waals surface area contributed by atoms with E-state index in [1.54, 1.807) is 23.1 Å². The van der Waals surface area contributed by atoms with Gasteiger partial charge in [0.2, 0.25) is 17.7 Å². The Balaban J connectivity index is 0.653. The quantitative estimate of drug-likeness (QED) is 0.121. The molecule has 5 fully saturated rings. The largest absolute Gasteiger partial charge is 0.384 e. The Hall–Kier alpha value is -5.83. The average molecular weight is 955 g/mol. The summed E-state index contributed by atoms with van der Waals surface area (Å²) in [5.74, 6) is -1.75. The minimum absolute atomic E-state index is 0.0276. The number of imide groups is 2. The maximum Gasteiger partial charge on any atom is 0.262 e. The first-order chi connectivity index (χ1) is 33.2. The number of nitrogens with one attached hydrogen (secondary N) is 4. The van der Waals surface area contributed by atoms with Crippen molar-refractivity contribution in [1.29, 1.82) is 0 Å². The minimum Gasteiger partial charge on any atom is -0.384 e. The maximum absolute atomic E-state index is 15.7. The Labute approximate surface area is 401 Å². The number of likely N-dealkylation sites (tertiary alicyclic amines) is 1. The van der Waals surface area contributed by atoms with E-state index in [0.29, 0.717) is 76.7 Å². The van der Waals surface area contributed by atoms with Gasteiger partial charge in [-0.3, -0.25) is 48.9 Å². The monoisotopic (exact) mass is 955 g/mol. The van der Waals surface area contributed by atoms with Crippen LogP contribution in [0.4, 0.5) is 31.8 Å². The summed E-state index contributed by atoms with van der Waals surface area (Å²) in [6.45, 7) is 15.8. The first kappa shape index (κ1) is 48.2. The number of nitrogens with zero attached hydrogens (tertiary/aromatic N) is 8. The fraction of sp³-hybridized carbons (Fsp3) is 0.571. The molecular weight excluding hydrogens is 891 g/mol. The summed E-state index contributed by atoms with van der Waals surface area (Å²) in [4.78, 5) is 83.9. The molecule has 1 spiro atoms. The van der Waals surface area contributed by atoms with Crippen molar-refractivity contribution in [1.82, 2.24) is 40.2 Å². The van der Waals surface area contributed by atoms with E-state index in [9.17, 15) is 24.0 Å². The Kier molecular flexibility index (Phi) is 14.4. The maximum atomic E-state index is 15.7.